The fourth-order valence-corrected chi connectivity index (χ4v) is 1.71. The van der Waals surface area contributed by atoms with Crippen molar-refractivity contribution >= 4 is 17.7 Å². The molecule has 1 aromatic heterocycles. The molecule has 92 valence electrons. The van der Waals surface area contributed by atoms with Crippen molar-refractivity contribution in [3.63, 3.8) is 0 Å². The number of carboxylic acid groups (broad SMARTS) is 1. The third-order valence-corrected chi connectivity index (χ3v) is 2.93. The predicted octanol–water partition coefficient (Wildman–Crippen LogP) is 0.952. The molecule has 2 rings (SSSR count). The van der Waals surface area contributed by atoms with Gasteiger partial charge in [-0.3, -0.25) is 14.3 Å². The summed E-state index contributed by atoms with van der Waals surface area (Å²) in [7, 11) is 0. The highest BCUT2D eigenvalue weighted by molar-refractivity contribution is 5.91. The van der Waals surface area contributed by atoms with E-state index in [-0.39, 0.29) is 18.4 Å². The van der Waals surface area contributed by atoms with Gasteiger partial charge in [0.05, 0.1) is 0 Å². The van der Waals surface area contributed by atoms with Crippen LogP contribution in [0.1, 0.15) is 19.8 Å². The van der Waals surface area contributed by atoms with E-state index in [1.807, 2.05) is 6.92 Å². The van der Waals surface area contributed by atoms with E-state index < -0.39 is 5.97 Å². The van der Waals surface area contributed by atoms with Gasteiger partial charge in [-0.15, -0.1) is 0 Å². The lowest BCUT2D eigenvalue weighted by molar-refractivity contribution is -0.137. The first kappa shape index (κ1) is 11.6. The second-order valence-electron chi connectivity index (χ2n) is 4.41. The molecule has 1 saturated carbocycles. The van der Waals surface area contributed by atoms with Gasteiger partial charge in [-0.05, 0) is 18.8 Å². The summed E-state index contributed by atoms with van der Waals surface area (Å²) in [4.78, 5) is 22.2. The molecule has 0 aromatic carbocycles. The Hall–Kier alpha value is -1.85. The lowest BCUT2D eigenvalue weighted by Gasteiger charge is -2.08. The van der Waals surface area contributed by atoms with Crippen LogP contribution in [0.2, 0.25) is 0 Å². The molecular weight excluding hydrogens is 222 g/mol. The minimum absolute atomic E-state index is 0.000348. The maximum absolute atomic E-state index is 11.7. The van der Waals surface area contributed by atoms with Crippen molar-refractivity contribution in [3.8, 4) is 0 Å². The summed E-state index contributed by atoms with van der Waals surface area (Å²) in [6, 6.07) is 1.60. The number of carboxylic acids is 1. The van der Waals surface area contributed by atoms with Gasteiger partial charge in [0.2, 0.25) is 5.91 Å². The van der Waals surface area contributed by atoms with Crippen LogP contribution in [0.25, 0.3) is 0 Å². The molecule has 2 N–H and O–H groups in total. The van der Waals surface area contributed by atoms with Crippen LogP contribution in [0.5, 0.6) is 0 Å². The van der Waals surface area contributed by atoms with Crippen molar-refractivity contribution in [3.05, 3.63) is 12.3 Å². The summed E-state index contributed by atoms with van der Waals surface area (Å²) in [5.41, 5.74) is 0. The van der Waals surface area contributed by atoms with E-state index in [4.69, 9.17) is 5.11 Å². The van der Waals surface area contributed by atoms with E-state index >= 15 is 0 Å². The van der Waals surface area contributed by atoms with Gasteiger partial charge >= 0.3 is 5.97 Å². The lowest BCUT2D eigenvalue weighted by atomic mass is 10.1. The summed E-state index contributed by atoms with van der Waals surface area (Å²) >= 11 is 0. The first-order valence-electron chi connectivity index (χ1n) is 5.62. The highest BCUT2D eigenvalue weighted by Gasteiger charge is 2.32. The van der Waals surface area contributed by atoms with E-state index in [0.717, 1.165) is 12.8 Å². The number of carbonyl (C=O) groups excluding carboxylic acids is 1. The van der Waals surface area contributed by atoms with Crippen LogP contribution in [-0.2, 0) is 16.1 Å². The average molecular weight is 237 g/mol. The Morgan fingerprint density at radius 1 is 1.65 bits per heavy atom. The molecule has 1 amide bonds. The second-order valence-corrected chi connectivity index (χ2v) is 4.41. The Labute approximate surface area is 98.6 Å². The average Bonchev–Trinajstić information content (AvgIpc) is 3.01. The summed E-state index contributed by atoms with van der Waals surface area (Å²) < 4.78 is 1.28. The van der Waals surface area contributed by atoms with Gasteiger partial charge in [-0.1, -0.05) is 6.92 Å². The first-order valence-corrected chi connectivity index (χ1v) is 5.62. The summed E-state index contributed by atoms with van der Waals surface area (Å²) in [6.07, 6.45) is 3.76. The number of anilines is 1. The smallest absolute Gasteiger partial charge is 0.325 e. The van der Waals surface area contributed by atoms with Gasteiger partial charge in [-0.25, -0.2) is 0 Å². The molecule has 1 fully saturated rings. The van der Waals surface area contributed by atoms with Crippen molar-refractivity contribution in [2.45, 2.75) is 26.3 Å². The monoisotopic (exact) mass is 237 g/mol. The van der Waals surface area contributed by atoms with Crippen molar-refractivity contribution in [2.75, 3.05) is 5.32 Å². The van der Waals surface area contributed by atoms with E-state index in [1.165, 1.54) is 10.9 Å². The minimum atomic E-state index is -0.961. The van der Waals surface area contributed by atoms with Crippen LogP contribution in [0.4, 0.5) is 5.82 Å². The van der Waals surface area contributed by atoms with Crippen LogP contribution < -0.4 is 5.32 Å². The van der Waals surface area contributed by atoms with Gasteiger partial charge in [-0.2, -0.15) is 5.10 Å². The molecule has 6 heteroatoms. The molecule has 6 nitrogen and oxygen atoms in total. The van der Waals surface area contributed by atoms with Crippen molar-refractivity contribution in [1.29, 1.82) is 0 Å². The van der Waals surface area contributed by atoms with E-state index in [0.29, 0.717) is 11.7 Å². The third-order valence-electron chi connectivity index (χ3n) is 2.93. The standard InChI is InChI=1S/C11H15N3O3/c1-7(8-2-3-8)11(17)12-9-4-5-14(13-9)6-10(15)16/h4-5,7-8H,2-3,6H2,1H3,(H,15,16)(H,12,13,17). The fourth-order valence-electron chi connectivity index (χ4n) is 1.71. The number of nitrogens with one attached hydrogen (secondary N) is 1. The van der Waals surface area contributed by atoms with Gasteiger partial charge in [0.1, 0.15) is 6.54 Å². The Bertz CT molecular complexity index is 437. The number of rotatable bonds is 5. The van der Waals surface area contributed by atoms with Crippen LogP contribution in [0.15, 0.2) is 12.3 Å². The minimum Gasteiger partial charge on any atom is -0.480 e. The van der Waals surface area contributed by atoms with Crippen molar-refractivity contribution < 1.29 is 14.7 Å². The quantitative estimate of drug-likeness (QED) is 0.798. The number of hydrogen-bond donors (Lipinski definition) is 2. The summed E-state index contributed by atoms with van der Waals surface area (Å²) in [6.45, 7) is 1.70. The van der Waals surface area contributed by atoms with Crippen molar-refractivity contribution in [1.82, 2.24) is 9.78 Å². The van der Waals surface area contributed by atoms with Crippen LogP contribution >= 0.6 is 0 Å². The van der Waals surface area contributed by atoms with Gasteiger partial charge < -0.3 is 10.4 Å². The number of carbonyl (C=O) groups is 2. The number of aliphatic carboxylic acids is 1. The van der Waals surface area contributed by atoms with Crippen LogP contribution in [0, 0.1) is 11.8 Å². The lowest BCUT2D eigenvalue weighted by Crippen LogP contribution is -2.22. The Morgan fingerprint density at radius 2 is 2.35 bits per heavy atom. The van der Waals surface area contributed by atoms with E-state index in [2.05, 4.69) is 10.4 Å². The molecule has 17 heavy (non-hydrogen) atoms. The normalized spacial score (nSPS) is 16.5. The molecule has 1 aliphatic rings. The van der Waals surface area contributed by atoms with E-state index in [1.54, 1.807) is 6.07 Å². The third kappa shape index (κ3) is 3.05. The molecule has 0 radical (unpaired) electrons. The second kappa shape index (κ2) is 4.57. The Morgan fingerprint density at radius 3 is 2.94 bits per heavy atom. The predicted molar refractivity (Wildman–Crippen MR) is 60.4 cm³/mol. The number of amides is 1. The number of hydrogen-bond acceptors (Lipinski definition) is 3. The molecular formula is C11H15N3O3. The summed E-state index contributed by atoms with van der Waals surface area (Å²) in [5.74, 6) is -0.107. The largest absolute Gasteiger partial charge is 0.480 e. The van der Waals surface area contributed by atoms with Gasteiger partial charge in [0.15, 0.2) is 5.82 Å². The maximum atomic E-state index is 11.7. The van der Waals surface area contributed by atoms with E-state index in [9.17, 15) is 9.59 Å². The zero-order valence-corrected chi connectivity index (χ0v) is 9.59. The van der Waals surface area contributed by atoms with Gasteiger partial charge in [0, 0.05) is 18.2 Å². The molecule has 0 saturated heterocycles. The van der Waals surface area contributed by atoms with Crippen molar-refractivity contribution in [2.24, 2.45) is 11.8 Å². The number of nitrogens with zero attached hydrogens (tertiary/aromatic N) is 2. The Balaban J connectivity index is 1.91. The van der Waals surface area contributed by atoms with Crippen LogP contribution in [-0.4, -0.2) is 26.8 Å². The molecule has 1 heterocycles. The highest BCUT2D eigenvalue weighted by atomic mass is 16.4. The maximum Gasteiger partial charge on any atom is 0.325 e. The SMILES string of the molecule is CC(C(=O)Nc1ccn(CC(=O)O)n1)C1CC1. The Kier molecular flexibility index (Phi) is 3.12. The first-order chi connectivity index (χ1) is 8.06. The molecule has 1 aliphatic carbocycles. The molecule has 0 bridgehead atoms. The molecule has 1 unspecified atom stereocenters. The molecule has 1 atom stereocenters. The summed E-state index contributed by atoms with van der Waals surface area (Å²) in [5, 5.41) is 15.2. The zero-order valence-electron chi connectivity index (χ0n) is 9.59. The molecule has 0 aliphatic heterocycles. The highest BCUT2D eigenvalue weighted by Crippen LogP contribution is 2.36. The zero-order chi connectivity index (χ0) is 12.4. The number of aromatic nitrogens is 2. The molecule has 1 aromatic rings. The fraction of sp³-hybridized carbons (Fsp3) is 0.545. The molecule has 0 spiro atoms. The van der Waals surface area contributed by atoms with Gasteiger partial charge in [0.25, 0.3) is 0 Å². The topological polar surface area (TPSA) is 84.2 Å². The van der Waals surface area contributed by atoms with Crippen LogP contribution in [0.3, 0.4) is 0 Å².